The molecular weight excluding hydrogens is 361 g/mol. The van der Waals surface area contributed by atoms with Gasteiger partial charge in [-0.2, -0.15) is 4.98 Å². The molecule has 0 radical (unpaired) electrons. The predicted molar refractivity (Wildman–Crippen MR) is 81.6 cm³/mol. The van der Waals surface area contributed by atoms with E-state index in [-0.39, 0.29) is 17.1 Å². The van der Waals surface area contributed by atoms with E-state index in [1.165, 1.54) is 4.57 Å². The molecule has 15 heteroatoms. The Hall–Kier alpha value is -1.90. The summed E-state index contributed by atoms with van der Waals surface area (Å²) in [5.74, 6) is -0.191. The van der Waals surface area contributed by atoms with Crippen LogP contribution in [-0.2, 0) is 9.30 Å². The zero-order valence-corrected chi connectivity index (χ0v) is 13.3. The molecule has 3 heterocycles. The Morgan fingerprint density at radius 2 is 2.08 bits per heavy atom. The number of nitrogens with two attached hydrogens (primary N) is 2. The molecule has 14 nitrogen and oxygen atoms in total. The molecule has 0 aliphatic carbocycles. The van der Waals surface area contributed by atoms with Crippen molar-refractivity contribution in [2.75, 3.05) is 5.73 Å². The van der Waals surface area contributed by atoms with Gasteiger partial charge in [0, 0.05) is 0 Å². The summed E-state index contributed by atoms with van der Waals surface area (Å²) in [4.78, 5) is 39.6. The number of H-pyrrole nitrogens is 1. The lowest BCUT2D eigenvalue weighted by Gasteiger charge is -2.23. The number of nitrogens with one attached hydrogen (secondary N) is 2. The van der Waals surface area contributed by atoms with Crippen LogP contribution in [0.3, 0.4) is 0 Å². The van der Waals surface area contributed by atoms with E-state index in [1.807, 2.05) is 0 Å². The van der Waals surface area contributed by atoms with Crippen LogP contribution in [0.25, 0.3) is 11.2 Å². The number of aliphatic hydroxyl groups excluding tert-OH is 2. The van der Waals surface area contributed by atoms with Crippen LogP contribution in [0.4, 0.5) is 5.95 Å². The van der Waals surface area contributed by atoms with Crippen molar-refractivity contribution in [3.8, 4) is 0 Å². The predicted octanol–water partition coefficient (Wildman–Crippen LogP) is -3.71. The fourth-order valence-corrected chi connectivity index (χ4v) is 3.14. The summed E-state index contributed by atoms with van der Waals surface area (Å²) in [6, 6.07) is 0. The van der Waals surface area contributed by atoms with Gasteiger partial charge in [0.1, 0.15) is 18.3 Å². The monoisotopic (exact) mass is 377 g/mol. The second-order valence-electron chi connectivity index (χ2n) is 5.45. The van der Waals surface area contributed by atoms with E-state index in [2.05, 4.69) is 15.0 Å². The van der Waals surface area contributed by atoms with Gasteiger partial charge in [0.25, 0.3) is 5.56 Å². The molecule has 3 rings (SSSR count). The Morgan fingerprint density at radius 1 is 1.40 bits per heavy atom. The van der Waals surface area contributed by atoms with Gasteiger partial charge in [-0.25, -0.2) is 14.6 Å². The second-order valence-corrected chi connectivity index (χ2v) is 6.79. The molecule has 1 aliphatic heterocycles. The highest BCUT2D eigenvalue weighted by Gasteiger charge is 2.47. The number of fused-ring (bicyclic) bond motifs is 1. The van der Waals surface area contributed by atoms with Gasteiger partial charge in [0.15, 0.2) is 17.4 Å². The highest BCUT2D eigenvalue weighted by molar-refractivity contribution is 7.49. The lowest BCUT2D eigenvalue weighted by Crippen LogP contribution is -2.50. The SMILES string of the molecule is Nc1nc2c(ncn2[C@@H]2O[C@H](C(N)NP(=O)(O)O)C(O)C2O)c(=O)[nH]1. The van der Waals surface area contributed by atoms with Crippen LogP contribution < -0.4 is 22.1 Å². The fourth-order valence-electron chi connectivity index (χ4n) is 2.61. The summed E-state index contributed by atoms with van der Waals surface area (Å²) in [6.45, 7) is 0. The summed E-state index contributed by atoms with van der Waals surface area (Å²) >= 11 is 0. The van der Waals surface area contributed by atoms with Crippen molar-refractivity contribution >= 4 is 24.9 Å². The van der Waals surface area contributed by atoms with Crippen LogP contribution in [0.2, 0.25) is 0 Å². The van der Waals surface area contributed by atoms with Crippen LogP contribution in [0, 0.1) is 0 Å². The van der Waals surface area contributed by atoms with E-state index in [0.29, 0.717) is 0 Å². The molecule has 2 aromatic heterocycles. The van der Waals surface area contributed by atoms with Crippen molar-refractivity contribution in [1.82, 2.24) is 24.6 Å². The van der Waals surface area contributed by atoms with E-state index in [1.54, 1.807) is 5.09 Å². The standard InChI is InChI=1S/C10H16N7O7P/c11-6(16-25(21,22)23)5-3(18)4(19)9(24-5)17-1-13-2-7(17)14-10(12)15-8(2)20/h1,3-6,9,18-19H,11H2,(H3,12,14,15,20)(H3,16,21,22,23)/t3?,4?,5-,6?,9+/m0/s1. The number of anilines is 1. The number of rotatable bonds is 4. The molecular formula is C10H16N7O7P. The van der Waals surface area contributed by atoms with Crippen molar-refractivity contribution in [3.63, 3.8) is 0 Å². The van der Waals surface area contributed by atoms with Crippen LogP contribution in [0.15, 0.2) is 11.1 Å². The maximum absolute atomic E-state index is 11.8. The third kappa shape index (κ3) is 3.29. The van der Waals surface area contributed by atoms with Crippen molar-refractivity contribution < 1.29 is 29.3 Å². The summed E-state index contributed by atoms with van der Waals surface area (Å²) in [5.41, 5.74) is 10.4. The molecule has 0 saturated carbocycles. The van der Waals surface area contributed by atoms with E-state index in [9.17, 15) is 19.6 Å². The fraction of sp³-hybridized carbons (Fsp3) is 0.500. The molecule has 1 fully saturated rings. The van der Waals surface area contributed by atoms with Crippen molar-refractivity contribution in [2.24, 2.45) is 5.73 Å². The van der Waals surface area contributed by atoms with Crippen LogP contribution in [0.1, 0.15) is 6.23 Å². The smallest absolute Gasteiger partial charge is 0.387 e. The van der Waals surface area contributed by atoms with Gasteiger partial charge in [-0.1, -0.05) is 0 Å². The molecule has 0 bridgehead atoms. The largest absolute Gasteiger partial charge is 0.401 e. The summed E-state index contributed by atoms with van der Waals surface area (Å²) in [5, 5.41) is 22.0. The average Bonchev–Trinajstić information content (AvgIpc) is 3.00. The zero-order chi connectivity index (χ0) is 18.5. The van der Waals surface area contributed by atoms with Gasteiger partial charge in [0.2, 0.25) is 5.95 Å². The molecule has 0 spiro atoms. The number of nitrogen functional groups attached to an aromatic ring is 1. The van der Waals surface area contributed by atoms with Gasteiger partial charge in [-0.15, -0.1) is 0 Å². The maximum Gasteiger partial charge on any atom is 0.401 e. The van der Waals surface area contributed by atoms with Crippen LogP contribution >= 0.6 is 7.75 Å². The molecule has 1 saturated heterocycles. The number of hydrogen-bond acceptors (Lipinski definition) is 9. The minimum absolute atomic E-state index is 0.00494. The first kappa shape index (κ1) is 17.9. The molecule has 10 N–H and O–H groups in total. The zero-order valence-electron chi connectivity index (χ0n) is 12.4. The van der Waals surface area contributed by atoms with Crippen LogP contribution in [-0.4, -0.2) is 64.0 Å². The molecule has 2 aromatic rings. The lowest BCUT2D eigenvalue weighted by atomic mass is 10.1. The van der Waals surface area contributed by atoms with Gasteiger partial charge >= 0.3 is 7.75 Å². The third-order valence-electron chi connectivity index (χ3n) is 3.67. The number of aromatic amines is 1. The molecule has 3 unspecified atom stereocenters. The molecule has 0 aromatic carbocycles. The number of hydrogen-bond donors (Lipinski definition) is 8. The first-order valence-corrected chi connectivity index (χ1v) is 8.52. The number of nitrogens with zero attached hydrogens (tertiary/aromatic N) is 3. The average molecular weight is 377 g/mol. The number of aromatic nitrogens is 4. The topological polar surface area (TPSA) is 235 Å². The first-order chi connectivity index (χ1) is 11.6. The Bertz CT molecular complexity index is 893. The minimum atomic E-state index is -4.69. The Balaban J connectivity index is 1.94. The maximum atomic E-state index is 11.8. The van der Waals surface area contributed by atoms with E-state index < -0.39 is 44.0 Å². The minimum Gasteiger partial charge on any atom is -0.387 e. The van der Waals surface area contributed by atoms with Gasteiger partial charge in [0.05, 0.1) is 12.5 Å². The number of ether oxygens (including phenoxy) is 1. The van der Waals surface area contributed by atoms with E-state index >= 15 is 0 Å². The van der Waals surface area contributed by atoms with Crippen LogP contribution in [0.5, 0.6) is 0 Å². The molecule has 0 amide bonds. The van der Waals surface area contributed by atoms with Gasteiger partial charge in [-0.05, 0) is 0 Å². The normalized spacial score (nSPS) is 28.5. The highest BCUT2D eigenvalue weighted by Crippen LogP contribution is 2.35. The van der Waals surface area contributed by atoms with Crippen molar-refractivity contribution in [1.29, 1.82) is 0 Å². The highest BCUT2D eigenvalue weighted by atomic mass is 31.2. The third-order valence-corrected chi connectivity index (χ3v) is 4.31. The molecule has 1 aliphatic rings. The van der Waals surface area contributed by atoms with Gasteiger partial charge < -0.3 is 36.2 Å². The van der Waals surface area contributed by atoms with E-state index in [0.717, 1.165) is 6.33 Å². The lowest BCUT2D eigenvalue weighted by molar-refractivity contribution is -0.0438. The number of aliphatic hydroxyl groups is 2. The quantitative estimate of drug-likeness (QED) is 0.190. The van der Waals surface area contributed by atoms with Crippen molar-refractivity contribution in [3.05, 3.63) is 16.7 Å². The van der Waals surface area contributed by atoms with E-state index in [4.69, 9.17) is 26.0 Å². The van der Waals surface area contributed by atoms with Gasteiger partial charge in [-0.3, -0.25) is 14.3 Å². The Kier molecular flexibility index (Phi) is 4.38. The number of imidazole rings is 1. The van der Waals surface area contributed by atoms with Crippen molar-refractivity contribution in [2.45, 2.75) is 30.7 Å². The second kappa shape index (κ2) is 6.12. The molecule has 138 valence electrons. The summed E-state index contributed by atoms with van der Waals surface area (Å²) < 4.78 is 17.6. The summed E-state index contributed by atoms with van der Waals surface area (Å²) in [6.07, 6.45) is -6.05. The Morgan fingerprint density at radius 3 is 2.72 bits per heavy atom. The molecule has 5 atom stereocenters. The summed E-state index contributed by atoms with van der Waals surface area (Å²) in [7, 11) is -4.69. The molecule has 25 heavy (non-hydrogen) atoms. The Labute approximate surface area is 138 Å². The first-order valence-electron chi connectivity index (χ1n) is 6.91.